The molecule has 1 aromatic rings. The second-order valence-electron chi connectivity index (χ2n) is 4.06. The Hall–Kier alpha value is -0.420. The average Bonchev–Trinajstić information content (AvgIpc) is 2.34. The Kier molecular flexibility index (Phi) is 7.44. The maximum Gasteiger partial charge on any atom is 0.0615 e. The molecule has 0 aliphatic heterocycles. The fourth-order valence-corrected chi connectivity index (χ4v) is 2.13. The lowest BCUT2D eigenvalue weighted by atomic mass is 10.1. The van der Waals surface area contributed by atoms with Gasteiger partial charge in [-0.1, -0.05) is 34.1 Å². The van der Waals surface area contributed by atoms with Crippen LogP contribution in [0.1, 0.15) is 18.4 Å². The molecule has 0 saturated heterocycles. The minimum Gasteiger partial charge on any atom is -0.383 e. The first-order valence-corrected chi connectivity index (χ1v) is 6.73. The van der Waals surface area contributed by atoms with Crippen LogP contribution in [0.5, 0.6) is 0 Å². The highest BCUT2D eigenvalue weighted by Crippen LogP contribution is 2.15. The molecular formula is C13H21BrN2O. The van der Waals surface area contributed by atoms with E-state index in [9.17, 15) is 0 Å². The predicted molar refractivity (Wildman–Crippen MR) is 74.9 cm³/mol. The Labute approximate surface area is 112 Å². The molecule has 0 amide bonds. The molecule has 0 bridgehead atoms. The number of nitrogens with one attached hydrogen (secondary N) is 1. The highest BCUT2D eigenvalue weighted by atomic mass is 79.9. The minimum atomic E-state index is 0.371. The first-order chi connectivity index (χ1) is 8.27. The van der Waals surface area contributed by atoms with E-state index in [0.29, 0.717) is 6.04 Å². The van der Waals surface area contributed by atoms with Crippen molar-refractivity contribution in [3.05, 3.63) is 34.3 Å². The third kappa shape index (κ3) is 5.64. The number of halogens is 1. The lowest BCUT2D eigenvalue weighted by Crippen LogP contribution is -2.33. The monoisotopic (exact) mass is 300 g/mol. The van der Waals surface area contributed by atoms with Crippen molar-refractivity contribution in [2.75, 3.05) is 20.3 Å². The number of hydrogen-bond acceptors (Lipinski definition) is 3. The summed E-state index contributed by atoms with van der Waals surface area (Å²) in [7, 11) is 1.73. The average molecular weight is 301 g/mol. The van der Waals surface area contributed by atoms with E-state index in [2.05, 4.69) is 33.4 Å². The Bertz CT molecular complexity index is 320. The van der Waals surface area contributed by atoms with Gasteiger partial charge in [-0.05, 0) is 31.0 Å². The third-order valence-corrected chi connectivity index (χ3v) is 3.44. The van der Waals surface area contributed by atoms with Crippen LogP contribution in [0.4, 0.5) is 0 Å². The maximum absolute atomic E-state index is 5.53. The number of benzene rings is 1. The fourth-order valence-electron chi connectivity index (χ4n) is 1.71. The maximum atomic E-state index is 5.53. The summed E-state index contributed by atoms with van der Waals surface area (Å²) in [5.74, 6) is 0. The molecule has 0 aromatic heterocycles. The van der Waals surface area contributed by atoms with Gasteiger partial charge in [-0.15, -0.1) is 0 Å². The van der Waals surface area contributed by atoms with Crippen molar-refractivity contribution >= 4 is 15.9 Å². The zero-order valence-corrected chi connectivity index (χ0v) is 11.9. The van der Waals surface area contributed by atoms with E-state index in [0.717, 1.165) is 37.0 Å². The van der Waals surface area contributed by atoms with Gasteiger partial charge in [-0.2, -0.15) is 0 Å². The summed E-state index contributed by atoms with van der Waals surface area (Å²) in [6, 6.07) is 8.61. The number of methoxy groups -OCH3 is 1. The molecule has 1 aromatic carbocycles. The minimum absolute atomic E-state index is 0.371. The van der Waals surface area contributed by atoms with Gasteiger partial charge in [0.25, 0.3) is 0 Å². The van der Waals surface area contributed by atoms with Gasteiger partial charge in [-0.3, -0.25) is 0 Å². The van der Waals surface area contributed by atoms with Gasteiger partial charge in [0.2, 0.25) is 0 Å². The summed E-state index contributed by atoms with van der Waals surface area (Å²) in [4.78, 5) is 0. The van der Waals surface area contributed by atoms with E-state index in [4.69, 9.17) is 10.5 Å². The number of ether oxygens (including phenoxy) is 1. The lowest BCUT2D eigenvalue weighted by molar-refractivity contribution is 0.161. The Morgan fingerprint density at radius 2 is 2.18 bits per heavy atom. The number of nitrogens with two attached hydrogens (primary N) is 1. The Morgan fingerprint density at radius 1 is 1.41 bits per heavy atom. The van der Waals surface area contributed by atoms with Crippen molar-refractivity contribution < 1.29 is 4.74 Å². The molecule has 1 rings (SSSR count). The highest BCUT2D eigenvalue weighted by molar-refractivity contribution is 9.10. The first kappa shape index (κ1) is 14.6. The van der Waals surface area contributed by atoms with Crippen LogP contribution in [-0.4, -0.2) is 26.3 Å². The molecule has 1 unspecified atom stereocenters. The van der Waals surface area contributed by atoms with Gasteiger partial charge in [0, 0.05) is 24.2 Å². The lowest BCUT2D eigenvalue weighted by Gasteiger charge is -2.18. The summed E-state index contributed by atoms with van der Waals surface area (Å²) < 4.78 is 6.35. The highest BCUT2D eigenvalue weighted by Gasteiger charge is 2.08. The topological polar surface area (TPSA) is 47.3 Å². The summed E-state index contributed by atoms with van der Waals surface area (Å²) in [6.45, 7) is 2.31. The molecule has 17 heavy (non-hydrogen) atoms. The summed E-state index contributed by atoms with van der Waals surface area (Å²) in [5.41, 5.74) is 6.79. The van der Waals surface area contributed by atoms with Crippen LogP contribution in [0.3, 0.4) is 0 Å². The molecule has 1 atom stereocenters. The molecule has 4 heteroatoms. The van der Waals surface area contributed by atoms with Crippen molar-refractivity contribution in [3.63, 3.8) is 0 Å². The molecule has 0 fully saturated rings. The molecule has 96 valence electrons. The molecule has 3 nitrogen and oxygen atoms in total. The summed E-state index contributed by atoms with van der Waals surface area (Å²) in [6.07, 6.45) is 2.08. The van der Waals surface area contributed by atoms with Gasteiger partial charge < -0.3 is 15.8 Å². The standard InChI is InChI=1S/C13H21BrN2O/c1-17-10-12(6-4-8-15)16-9-11-5-2-3-7-13(11)14/h2-3,5,7,12,16H,4,6,8-10,15H2,1H3. The quantitative estimate of drug-likeness (QED) is 0.774. The number of hydrogen-bond donors (Lipinski definition) is 2. The van der Waals surface area contributed by atoms with Crippen LogP contribution in [-0.2, 0) is 11.3 Å². The number of rotatable bonds is 8. The van der Waals surface area contributed by atoms with E-state index >= 15 is 0 Å². The van der Waals surface area contributed by atoms with Crippen LogP contribution in [0.15, 0.2) is 28.7 Å². The smallest absolute Gasteiger partial charge is 0.0615 e. The van der Waals surface area contributed by atoms with Crippen LogP contribution >= 0.6 is 15.9 Å². The SMILES string of the molecule is COCC(CCCN)NCc1ccccc1Br. The zero-order valence-electron chi connectivity index (χ0n) is 10.3. The largest absolute Gasteiger partial charge is 0.383 e. The van der Waals surface area contributed by atoms with Gasteiger partial charge in [0.05, 0.1) is 6.61 Å². The Balaban J connectivity index is 2.42. The van der Waals surface area contributed by atoms with E-state index in [-0.39, 0.29) is 0 Å². The van der Waals surface area contributed by atoms with Crippen LogP contribution in [0, 0.1) is 0 Å². The van der Waals surface area contributed by atoms with Crippen molar-refractivity contribution in [2.24, 2.45) is 5.73 Å². The zero-order chi connectivity index (χ0) is 12.5. The van der Waals surface area contributed by atoms with Crippen LogP contribution < -0.4 is 11.1 Å². The normalized spacial score (nSPS) is 12.6. The van der Waals surface area contributed by atoms with E-state index < -0.39 is 0 Å². The molecule has 0 spiro atoms. The third-order valence-electron chi connectivity index (χ3n) is 2.66. The van der Waals surface area contributed by atoms with Crippen molar-refractivity contribution in [2.45, 2.75) is 25.4 Å². The molecule has 0 radical (unpaired) electrons. The van der Waals surface area contributed by atoms with Crippen molar-refractivity contribution in [1.29, 1.82) is 0 Å². The van der Waals surface area contributed by atoms with Gasteiger partial charge in [0.1, 0.15) is 0 Å². The van der Waals surface area contributed by atoms with Crippen LogP contribution in [0.25, 0.3) is 0 Å². The fraction of sp³-hybridized carbons (Fsp3) is 0.538. The van der Waals surface area contributed by atoms with Crippen molar-refractivity contribution in [1.82, 2.24) is 5.32 Å². The first-order valence-electron chi connectivity index (χ1n) is 5.93. The molecule has 3 N–H and O–H groups in total. The second-order valence-corrected chi connectivity index (χ2v) is 4.91. The molecular weight excluding hydrogens is 280 g/mol. The summed E-state index contributed by atoms with van der Waals surface area (Å²) in [5, 5.41) is 3.50. The van der Waals surface area contributed by atoms with Gasteiger partial charge >= 0.3 is 0 Å². The van der Waals surface area contributed by atoms with Crippen LogP contribution in [0.2, 0.25) is 0 Å². The summed E-state index contributed by atoms with van der Waals surface area (Å²) >= 11 is 3.55. The van der Waals surface area contributed by atoms with E-state index in [1.165, 1.54) is 5.56 Å². The predicted octanol–water partition coefficient (Wildman–Crippen LogP) is 2.29. The molecule has 0 aliphatic rings. The Morgan fingerprint density at radius 3 is 2.82 bits per heavy atom. The van der Waals surface area contributed by atoms with Crippen molar-refractivity contribution in [3.8, 4) is 0 Å². The van der Waals surface area contributed by atoms with E-state index in [1.54, 1.807) is 7.11 Å². The second kappa shape index (κ2) is 8.64. The van der Waals surface area contributed by atoms with E-state index in [1.807, 2.05) is 12.1 Å². The molecule has 0 saturated carbocycles. The molecule has 0 heterocycles. The van der Waals surface area contributed by atoms with Gasteiger partial charge in [-0.25, -0.2) is 0 Å². The van der Waals surface area contributed by atoms with Gasteiger partial charge in [0.15, 0.2) is 0 Å². The molecule has 0 aliphatic carbocycles.